The summed E-state index contributed by atoms with van der Waals surface area (Å²) in [6.07, 6.45) is 5.56. The highest BCUT2D eigenvalue weighted by Gasteiger charge is 2.26. The maximum Gasteiger partial charge on any atom is 0.231 e. The van der Waals surface area contributed by atoms with Crippen molar-refractivity contribution in [2.75, 3.05) is 19.6 Å². The molecule has 0 amide bonds. The minimum absolute atomic E-state index is 0.305. The maximum atomic E-state index is 5.54. The van der Waals surface area contributed by atoms with Crippen molar-refractivity contribution in [1.29, 1.82) is 0 Å². The number of likely N-dealkylation sites (tertiary alicyclic amines) is 1. The standard InChI is InChI=1S/C17H20N6O/c1-2-5-14(6-3-1)16-20-17(24-21-16)15-7-4-8-22(11-15)9-10-23-13-18-12-19-23/h1-3,5-6,12-13,15H,4,7-11H2/t15-/m1/s1. The van der Waals surface area contributed by atoms with Crippen LogP contribution in [0.2, 0.25) is 0 Å². The lowest BCUT2D eigenvalue weighted by Crippen LogP contribution is -2.36. The number of hydrogen-bond acceptors (Lipinski definition) is 6. The highest BCUT2D eigenvalue weighted by Crippen LogP contribution is 2.27. The Morgan fingerprint density at radius 1 is 1.17 bits per heavy atom. The number of aromatic nitrogens is 5. The van der Waals surface area contributed by atoms with Gasteiger partial charge < -0.3 is 9.42 Å². The molecule has 1 fully saturated rings. The summed E-state index contributed by atoms with van der Waals surface area (Å²) in [5.74, 6) is 1.73. The van der Waals surface area contributed by atoms with Gasteiger partial charge in [0.1, 0.15) is 12.7 Å². The number of nitrogens with zero attached hydrogens (tertiary/aromatic N) is 6. The highest BCUT2D eigenvalue weighted by atomic mass is 16.5. The molecule has 0 N–H and O–H groups in total. The van der Waals surface area contributed by atoms with Gasteiger partial charge in [-0.15, -0.1) is 0 Å². The molecule has 7 heteroatoms. The third kappa shape index (κ3) is 3.35. The van der Waals surface area contributed by atoms with Crippen LogP contribution in [0, 0.1) is 0 Å². The molecule has 3 heterocycles. The van der Waals surface area contributed by atoms with Gasteiger partial charge >= 0.3 is 0 Å². The molecule has 2 aromatic heterocycles. The lowest BCUT2D eigenvalue weighted by atomic mass is 9.98. The normalized spacial score (nSPS) is 18.8. The molecular formula is C17H20N6O. The van der Waals surface area contributed by atoms with E-state index in [1.807, 2.05) is 35.0 Å². The molecule has 1 aliphatic heterocycles. The molecule has 1 saturated heterocycles. The van der Waals surface area contributed by atoms with Gasteiger partial charge in [0.15, 0.2) is 0 Å². The fourth-order valence-electron chi connectivity index (χ4n) is 3.16. The average Bonchev–Trinajstić information content (AvgIpc) is 3.33. The molecule has 0 radical (unpaired) electrons. The van der Waals surface area contributed by atoms with Crippen LogP contribution in [0.25, 0.3) is 11.4 Å². The van der Waals surface area contributed by atoms with E-state index in [-0.39, 0.29) is 0 Å². The molecule has 1 aromatic carbocycles. The zero-order valence-electron chi connectivity index (χ0n) is 13.5. The van der Waals surface area contributed by atoms with Crippen LogP contribution in [0.4, 0.5) is 0 Å². The third-order valence-electron chi connectivity index (χ3n) is 4.44. The van der Waals surface area contributed by atoms with Gasteiger partial charge in [0, 0.05) is 18.7 Å². The molecule has 0 bridgehead atoms. The SMILES string of the molecule is c1ccc(-c2noc([C@@H]3CCCN(CCn4cncn4)C3)n2)cc1. The summed E-state index contributed by atoms with van der Waals surface area (Å²) in [6.45, 7) is 3.86. The van der Waals surface area contributed by atoms with Gasteiger partial charge in [-0.2, -0.15) is 10.1 Å². The monoisotopic (exact) mass is 324 g/mol. The van der Waals surface area contributed by atoms with Crippen LogP contribution >= 0.6 is 0 Å². The Balaban J connectivity index is 1.40. The summed E-state index contributed by atoms with van der Waals surface area (Å²) < 4.78 is 7.41. The molecule has 1 aliphatic rings. The summed E-state index contributed by atoms with van der Waals surface area (Å²) >= 11 is 0. The number of benzene rings is 1. The van der Waals surface area contributed by atoms with E-state index in [0.29, 0.717) is 11.7 Å². The molecule has 24 heavy (non-hydrogen) atoms. The Labute approximate surface area is 140 Å². The topological polar surface area (TPSA) is 72.9 Å². The first-order chi connectivity index (χ1) is 11.9. The van der Waals surface area contributed by atoms with Crippen molar-refractivity contribution in [2.45, 2.75) is 25.3 Å². The van der Waals surface area contributed by atoms with Gasteiger partial charge in [-0.25, -0.2) is 4.98 Å². The molecule has 1 atom stereocenters. The van der Waals surface area contributed by atoms with Crippen LogP contribution in [0.5, 0.6) is 0 Å². The van der Waals surface area contributed by atoms with Crippen molar-refractivity contribution in [3.63, 3.8) is 0 Å². The van der Waals surface area contributed by atoms with Crippen LogP contribution in [-0.4, -0.2) is 49.4 Å². The summed E-state index contributed by atoms with van der Waals surface area (Å²) in [5, 5.41) is 8.30. The van der Waals surface area contributed by atoms with Crippen molar-refractivity contribution in [1.82, 2.24) is 29.8 Å². The minimum atomic E-state index is 0.305. The summed E-state index contributed by atoms with van der Waals surface area (Å²) in [6, 6.07) is 9.95. The molecule has 124 valence electrons. The first-order valence-corrected chi connectivity index (χ1v) is 8.32. The molecule has 0 aliphatic carbocycles. The average molecular weight is 324 g/mol. The van der Waals surface area contributed by atoms with E-state index in [2.05, 4.69) is 25.1 Å². The second kappa shape index (κ2) is 6.92. The lowest BCUT2D eigenvalue weighted by Gasteiger charge is -2.30. The van der Waals surface area contributed by atoms with Gasteiger partial charge in [0.25, 0.3) is 0 Å². The lowest BCUT2D eigenvalue weighted by molar-refractivity contribution is 0.179. The quantitative estimate of drug-likeness (QED) is 0.716. The number of piperidine rings is 1. The van der Waals surface area contributed by atoms with Crippen LogP contribution in [0.3, 0.4) is 0 Å². The van der Waals surface area contributed by atoms with Crippen LogP contribution < -0.4 is 0 Å². The third-order valence-corrected chi connectivity index (χ3v) is 4.44. The summed E-state index contributed by atoms with van der Waals surface area (Å²) in [5.41, 5.74) is 0.992. The maximum absolute atomic E-state index is 5.54. The van der Waals surface area contributed by atoms with Crippen LogP contribution in [0.15, 0.2) is 47.5 Å². The molecule has 7 nitrogen and oxygen atoms in total. The Morgan fingerprint density at radius 3 is 2.92 bits per heavy atom. The fraction of sp³-hybridized carbons (Fsp3) is 0.412. The molecule has 3 aromatic rings. The van der Waals surface area contributed by atoms with E-state index in [1.165, 1.54) is 0 Å². The van der Waals surface area contributed by atoms with Crippen LogP contribution in [0.1, 0.15) is 24.7 Å². The summed E-state index contributed by atoms with van der Waals surface area (Å²) in [7, 11) is 0. The fourth-order valence-corrected chi connectivity index (χ4v) is 3.16. The Morgan fingerprint density at radius 2 is 2.08 bits per heavy atom. The molecular weight excluding hydrogens is 304 g/mol. The minimum Gasteiger partial charge on any atom is -0.339 e. The predicted molar refractivity (Wildman–Crippen MR) is 88.2 cm³/mol. The first-order valence-electron chi connectivity index (χ1n) is 8.32. The van der Waals surface area contributed by atoms with Gasteiger partial charge in [0.05, 0.1) is 12.5 Å². The van der Waals surface area contributed by atoms with Gasteiger partial charge in [-0.3, -0.25) is 4.68 Å². The second-order valence-corrected chi connectivity index (χ2v) is 6.12. The van der Waals surface area contributed by atoms with Crippen molar-refractivity contribution >= 4 is 0 Å². The Hall–Kier alpha value is -2.54. The molecule has 0 spiro atoms. The molecule has 0 unspecified atom stereocenters. The van der Waals surface area contributed by atoms with Gasteiger partial charge in [0.2, 0.25) is 11.7 Å². The molecule has 4 rings (SSSR count). The smallest absolute Gasteiger partial charge is 0.231 e. The van der Waals surface area contributed by atoms with E-state index >= 15 is 0 Å². The van der Waals surface area contributed by atoms with E-state index in [0.717, 1.165) is 50.5 Å². The van der Waals surface area contributed by atoms with E-state index in [4.69, 9.17) is 4.52 Å². The second-order valence-electron chi connectivity index (χ2n) is 6.12. The first kappa shape index (κ1) is 15.0. The zero-order valence-corrected chi connectivity index (χ0v) is 13.5. The predicted octanol–water partition coefficient (Wildman–Crippen LogP) is 2.21. The zero-order chi connectivity index (χ0) is 16.2. The Bertz CT molecular complexity index is 755. The number of hydrogen-bond donors (Lipinski definition) is 0. The van der Waals surface area contributed by atoms with Crippen molar-refractivity contribution in [3.8, 4) is 11.4 Å². The van der Waals surface area contributed by atoms with E-state index in [1.54, 1.807) is 12.7 Å². The van der Waals surface area contributed by atoms with Crippen molar-refractivity contribution in [3.05, 3.63) is 48.9 Å². The van der Waals surface area contributed by atoms with E-state index < -0.39 is 0 Å². The largest absolute Gasteiger partial charge is 0.339 e. The van der Waals surface area contributed by atoms with Gasteiger partial charge in [-0.05, 0) is 19.4 Å². The molecule has 0 saturated carbocycles. The van der Waals surface area contributed by atoms with E-state index in [9.17, 15) is 0 Å². The Kier molecular flexibility index (Phi) is 4.33. The van der Waals surface area contributed by atoms with Crippen molar-refractivity contribution < 1.29 is 4.52 Å². The van der Waals surface area contributed by atoms with Gasteiger partial charge in [-0.1, -0.05) is 35.5 Å². The van der Waals surface area contributed by atoms with Crippen LogP contribution in [-0.2, 0) is 6.54 Å². The highest BCUT2D eigenvalue weighted by molar-refractivity contribution is 5.53. The summed E-state index contributed by atoms with van der Waals surface area (Å²) in [4.78, 5) is 11.0. The number of rotatable bonds is 5. The van der Waals surface area contributed by atoms with Crippen molar-refractivity contribution in [2.24, 2.45) is 0 Å².